The van der Waals surface area contributed by atoms with Gasteiger partial charge in [0.2, 0.25) is 0 Å². The summed E-state index contributed by atoms with van der Waals surface area (Å²) in [6.45, 7) is 0. The van der Waals surface area contributed by atoms with Gasteiger partial charge in [-0.15, -0.1) is 0 Å². The van der Waals surface area contributed by atoms with Gasteiger partial charge in [0.05, 0.1) is 0 Å². The lowest BCUT2D eigenvalue weighted by Gasteiger charge is -1.91. The minimum absolute atomic E-state index is 0.522. The predicted octanol–water partition coefficient (Wildman–Crippen LogP) is 2.34. The van der Waals surface area contributed by atoms with Crippen molar-refractivity contribution < 1.29 is 0 Å². The van der Waals surface area contributed by atoms with E-state index in [0.717, 1.165) is 20.9 Å². The summed E-state index contributed by atoms with van der Waals surface area (Å²) in [5.41, 5.74) is 7.50. The van der Waals surface area contributed by atoms with Crippen molar-refractivity contribution in [2.75, 3.05) is 5.73 Å². The van der Waals surface area contributed by atoms with Gasteiger partial charge in [0.1, 0.15) is 21.2 Å². The Balaban J connectivity index is 2.19. The maximum Gasteiger partial charge on any atom is 0.146 e. The van der Waals surface area contributed by atoms with Crippen molar-refractivity contribution >= 4 is 27.5 Å². The van der Waals surface area contributed by atoms with Gasteiger partial charge >= 0.3 is 0 Å². The molecule has 0 bridgehead atoms. The SMILES string of the molecule is Nc1ccc2nc(-c3cccnc3)sc2n1. The number of rotatable bonds is 1. The summed E-state index contributed by atoms with van der Waals surface area (Å²) < 4.78 is 0. The molecule has 0 aliphatic carbocycles. The van der Waals surface area contributed by atoms with Crippen molar-refractivity contribution in [2.24, 2.45) is 0 Å². The Labute approximate surface area is 95.8 Å². The molecule has 3 rings (SSSR count). The Morgan fingerprint density at radius 3 is 2.88 bits per heavy atom. The molecule has 0 saturated carbocycles. The first-order valence-corrected chi connectivity index (χ1v) is 5.58. The number of aromatic nitrogens is 3. The van der Waals surface area contributed by atoms with E-state index in [1.165, 1.54) is 11.3 Å². The number of anilines is 1. The van der Waals surface area contributed by atoms with Crippen LogP contribution in [0.3, 0.4) is 0 Å². The summed E-state index contributed by atoms with van der Waals surface area (Å²) in [6, 6.07) is 7.51. The quantitative estimate of drug-likeness (QED) is 0.694. The van der Waals surface area contributed by atoms with Crippen LogP contribution in [0, 0.1) is 0 Å². The molecular weight excluding hydrogens is 220 g/mol. The number of nitrogens with zero attached hydrogens (tertiary/aromatic N) is 3. The molecule has 3 heterocycles. The Morgan fingerprint density at radius 1 is 1.12 bits per heavy atom. The van der Waals surface area contributed by atoms with Gasteiger partial charge in [-0.05, 0) is 24.3 Å². The molecule has 0 spiro atoms. The van der Waals surface area contributed by atoms with Crippen LogP contribution in [-0.4, -0.2) is 15.0 Å². The second kappa shape index (κ2) is 3.53. The van der Waals surface area contributed by atoms with Crippen LogP contribution in [0.1, 0.15) is 0 Å². The molecule has 3 aromatic rings. The Morgan fingerprint density at radius 2 is 2.06 bits per heavy atom. The minimum atomic E-state index is 0.522. The summed E-state index contributed by atoms with van der Waals surface area (Å²) >= 11 is 1.52. The summed E-state index contributed by atoms with van der Waals surface area (Å²) in [6.07, 6.45) is 3.54. The van der Waals surface area contributed by atoms with E-state index < -0.39 is 0 Å². The Hall–Kier alpha value is -2.01. The van der Waals surface area contributed by atoms with Crippen LogP contribution in [0.4, 0.5) is 5.82 Å². The first-order valence-electron chi connectivity index (χ1n) is 4.76. The van der Waals surface area contributed by atoms with Crippen molar-refractivity contribution in [1.82, 2.24) is 15.0 Å². The van der Waals surface area contributed by atoms with E-state index in [-0.39, 0.29) is 0 Å². The van der Waals surface area contributed by atoms with Crippen LogP contribution in [0.2, 0.25) is 0 Å². The number of hydrogen-bond donors (Lipinski definition) is 1. The monoisotopic (exact) mass is 228 g/mol. The molecule has 0 amide bonds. The molecule has 3 aromatic heterocycles. The van der Waals surface area contributed by atoms with E-state index in [9.17, 15) is 0 Å². The molecule has 0 aliphatic heterocycles. The number of pyridine rings is 2. The third-order valence-corrected chi connectivity index (χ3v) is 3.20. The lowest BCUT2D eigenvalue weighted by atomic mass is 10.3. The molecule has 16 heavy (non-hydrogen) atoms. The van der Waals surface area contributed by atoms with Crippen molar-refractivity contribution in [3.63, 3.8) is 0 Å². The zero-order chi connectivity index (χ0) is 11.0. The fourth-order valence-electron chi connectivity index (χ4n) is 1.44. The van der Waals surface area contributed by atoms with Gasteiger partial charge in [0.25, 0.3) is 0 Å². The molecular formula is C11H8N4S. The normalized spacial score (nSPS) is 10.8. The van der Waals surface area contributed by atoms with Crippen molar-refractivity contribution in [3.05, 3.63) is 36.7 Å². The third-order valence-electron chi connectivity index (χ3n) is 2.19. The van der Waals surface area contributed by atoms with Crippen molar-refractivity contribution in [2.45, 2.75) is 0 Å². The van der Waals surface area contributed by atoms with Gasteiger partial charge in [0, 0.05) is 18.0 Å². The average Bonchev–Trinajstić information content (AvgIpc) is 2.73. The maximum atomic E-state index is 5.63. The molecule has 0 fully saturated rings. The third kappa shape index (κ3) is 1.51. The van der Waals surface area contributed by atoms with Crippen LogP contribution >= 0.6 is 11.3 Å². The molecule has 0 atom stereocenters. The second-order valence-corrected chi connectivity index (χ2v) is 4.30. The Bertz CT molecular complexity index is 633. The van der Waals surface area contributed by atoms with Crippen LogP contribution in [0.25, 0.3) is 20.9 Å². The molecule has 0 aliphatic rings. The average molecular weight is 228 g/mol. The lowest BCUT2D eigenvalue weighted by molar-refractivity contribution is 1.32. The molecule has 0 saturated heterocycles. The van der Waals surface area contributed by atoms with Gasteiger partial charge in [0.15, 0.2) is 0 Å². The van der Waals surface area contributed by atoms with Gasteiger partial charge in [-0.1, -0.05) is 11.3 Å². The maximum absolute atomic E-state index is 5.63. The summed E-state index contributed by atoms with van der Waals surface area (Å²) in [5, 5.41) is 0.918. The van der Waals surface area contributed by atoms with Gasteiger partial charge in [-0.25, -0.2) is 9.97 Å². The van der Waals surface area contributed by atoms with E-state index in [4.69, 9.17) is 5.73 Å². The summed E-state index contributed by atoms with van der Waals surface area (Å²) in [7, 11) is 0. The van der Waals surface area contributed by atoms with E-state index in [0.29, 0.717) is 5.82 Å². The zero-order valence-corrected chi connectivity index (χ0v) is 9.11. The van der Waals surface area contributed by atoms with Crippen molar-refractivity contribution in [3.8, 4) is 10.6 Å². The van der Waals surface area contributed by atoms with Crippen molar-refractivity contribution in [1.29, 1.82) is 0 Å². The smallest absolute Gasteiger partial charge is 0.146 e. The topological polar surface area (TPSA) is 64.7 Å². The first-order chi connectivity index (χ1) is 7.83. The van der Waals surface area contributed by atoms with E-state index in [2.05, 4.69) is 15.0 Å². The molecule has 4 nitrogen and oxygen atoms in total. The van der Waals surface area contributed by atoms with Crippen LogP contribution < -0.4 is 5.73 Å². The van der Waals surface area contributed by atoms with Crippen LogP contribution in [-0.2, 0) is 0 Å². The lowest BCUT2D eigenvalue weighted by Crippen LogP contribution is -1.87. The van der Waals surface area contributed by atoms with Gasteiger partial charge in [-0.2, -0.15) is 0 Å². The number of fused-ring (bicyclic) bond motifs is 1. The highest BCUT2D eigenvalue weighted by Gasteiger charge is 2.06. The number of nitrogens with two attached hydrogens (primary N) is 1. The predicted molar refractivity (Wildman–Crippen MR) is 65.1 cm³/mol. The minimum Gasteiger partial charge on any atom is -0.384 e. The van der Waals surface area contributed by atoms with Crippen LogP contribution in [0.5, 0.6) is 0 Å². The van der Waals surface area contributed by atoms with E-state index >= 15 is 0 Å². The largest absolute Gasteiger partial charge is 0.384 e. The molecule has 5 heteroatoms. The van der Waals surface area contributed by atoms with Gasteiger partial charge < -0.3 is 5.73 Å². The first kappa shape index (κ1) is 9.23. The highest BCUT2D eigenvalue weighted by atomic mass is 32.1. The molecule has 0 aromatic carbocycles. The standard InChI is InChI=1S/C11H8N4S/c12-9-4-3-8-11(15-9)16-10(14-8)7-2-1-5-13-6-7/h1-6H,(H2,12,15). The van der Waals surface area contributed by atoms with Crippen LogP contribution in [0.15, 0.2) is 36.7 Å². The number of thiazole rings is 1. The highest BCUT2D eigenvalue weighted by molar-refractivity contribution is 7.21. The fraction of sp³-hybridized carbons (Fsp3) is 0. The summed E-state index contributed by atoms with van der Waals surface area (Å²) in [5.74, 6) is 0.522. The number of hydrogen-bond acceptors (Lipinski definition) is 5. The number of nitrogen functional groups attached to an aromatic ring is 1. The second-order valence-electron chi connectivity index (χ2n) is 3.32. The molecule has 2 N–H and O–H groups in total. The molecule has 0 unspecified atom stereocenters. The van der Waals surface area contributed by atoms with E-state index in [1.54, 1.807) is 18.5 Å². The fourth-order valence-corrected chi connectivity index (χ4v) is 2.38. The summed E-state index contributed by atoms with van der Waals surface area (Å²) in [4.78, 5) is 13.7. The molecule has 0 radical (unpaired) electrons. The van der Waals surface area contributed by atoms with E-state index in [1.807, 2.05) is 18.2 Å². The Kier molecular flexibility index (Phi) is 2.04. The zero-order valence-electron chi connectivity index (χ0n) is 8.29. The highest BCUT2D eigenvalue weighted by Crippen LogP contribution is 2.28. The molecule has 78 valence electrons. The van der Waals surface area contributed by atoms with Gasteiger partial charge in [-0.3, -0.25) is 4.98 Å².